The fourth-order valence-electron chi connectivity index (χ4n) is 4.35. The van der Waals surface area contributed by atoms with Crippen LogP contribution in [-0.4, -0.2) is 74.1 Å². The molecule has 35 heavy (non-hydrogen) atoms. The minimum Gasteiger partial charge on any atom is -0.378 e. The fourth-order valence-corrected chi connectivity index (χ4v) is 4.65. The summed E-state index contributed by atoms with van der Waals surface area (Å²) in [5.74, 6) is -0.316. The average Bonchev–Trinajstić information content (AvgIpc) is 2.88. The maximum absolute atomic E-state index is 12.8. The third-order valence-corrected chi connectivity index (χ3v) is 6.57. The first kappa shape index (κ1) is 24.7. The van der Waals surface area contributed by atoms with E-state index in [0.29, 0.717) is 75.3 Å². The van der Waals surface area contributed by atoms with Gasteiger partial charge in [-0.15, -0.1) is 0 Å². The van der Waals surface area contributed by atoms with Gasteiger partial charge >= 0.3 is 0 Å². The largest absolute Gasteiger partial charge is 0.378 e. The van der Waals surface area contributed by atoms with Gasteiger partial charge < -0.3 is 24.8 Å². The number of carbonyl (C=O) groups excluding carboxylic acids is 2. The number of piperazine rings is 1. The highest BCUT2D eigenvalue weighted by molar-refractivity contribution is 6.33. The van der Waals surface area contributed by atoms with Crippen molar-refractivity contribution in [2.75, 3.05) is 67.6 Å². The van der Waals surface area contributed by atoms with E-state index in [2.05, 4.69) is 10.2 Å². The Morgan fingerprint density at radius 3 is 2.29 bits per heavy atom. The molecule has 0 aliphatic carbocycles. The highest BCUT2D eigenvalue weighted by atomic mass is 35.5. The van der Waals surface area contributed by atoms with Crippen molar-refractivity contribution in [2.45, 2.75) is 13.3 Å². The van der Waals surface area contributed by atoms with Crippen LogP contribution >= 0.6 is 11.6 Å². The van der Waals surface area contributed by atoms with Crippen molar-refractivity contribution in [1.82, 2.24) is 4.90 Å². The summed E-state index contributed by atoms with van der Waals surface area (Å²) < 4.78 is 5.32. The lowest BCUT2D eigenvalue weighted by Gasteiger charge is -2.36. The number of nitro benzene ring substituents is 1. The van der Waals surface area contributed by atoms with Crippen LogP contribution in [-0.2, 0) is 9.53 Å². The van der Waals surface area contributed by atoms with E-state index in [1.54, 1.807) is 24.3 Å². The first-order chi connectivity index (χ1) is 16.9. The fraction of sp³-hybridized carbons (Fsp3) is 0.417. The molecule has 2 amide bonds. The number of nitro groups is 1. The second-order valence-corrected chi connectivity index (χ2v) is 8.81. The standard InChI is InChI=1S/C24H28ClN5O5/c1-2-23(31)29-9-7-27(8-10-29)20-6-4-18(16-19(20)25)26-24(32)17-3-5-21(22(15-17)30(33)34)28-11-13-35-14-12-28/h3-6,15-16H,2,7-14H2,1H3,(H,26,32). The molecule has 186 valence electrons. The van der Waals surface area contributed by atoms with Crippen LogP contribution in [0.5, 0.6) is 0 Å². The molecule has 10 nitrogen and oxygen atoms in total. The molecule has 0 atom stereocenters. The van der Waals surface area contributed by atoms with Gasteiger partial charge in [0.05, 0.1) is 28.8 Å². The lowest BCUT2D eigenvalue weighted by Crippen LogP contribution is -2.48. The Labute approximate surface area is 208 Å². The van der Waals surface area contributed by atoms with Gasteiger partial charge in [-0.3, -0.25) is 19.7 Å². The summed E-state index contributed by atoms with van der Waals surface area (Å²) in [4.78, 5) is 41.8. The molecular formula is C24H28ClN5O5. The van der Waals surface area contributed by atoms with E-state index < -0.39 is 10.8 Å². The minimum absolute atomic E-state index is 0.117. The third kappa shape index (κ3) is 5.66. The molecule has 2 aromatic rings. The zero-order valence-electron chi connectivity index (χ0n) is 19.5. The molecule has 0 radical (unpaired) electrons. The number of anilines is 3. The summed E-state index contributed by atoms with van der Waals surface area (Å²) in [6.07, 6.45) is 0.494. The summed E-state index contributed by atoms with van der Waals surface area (Å²) in [5.41, 5.74) is 1.87. The van der Waals surface area contributed by atoms with Crippen molar-refractivity contribution < 1.29 is 19.2 Å². The molecular weight excluding hydrogens is 474 g/mol. The van der Waals surface area contributed by atoms with Gasteiger partial charge in [-0.25, -0.2) is 0 Å². The smallest absolute Gasteiger partial charge is 0.293 e. The van der Waals surface area contributed by atoms with Gasteiger partial charge in [0.2, 0.25) is 5.91 Å². The van der Waals surface area contributed by atoms with Gasteiger partial charge in [0.15, 0.2) is 0 Å². The summed E-state index contributed by atoms with van der Waals surface area (Å²) in [6.45, 7) is 6.61. The van der Waals surface area contributed by atoms with Crippen molar-refractivity contribution in [1.29, 1.82) is 0 Å². The summed E-state index contributed by atoms with van der Waals surface area (Å²) in [5, 5.41) is 14.9. The number of halogens is 1. The molecule has 0 spiro atoms. The monoisotopic (exact) mass is 501 g/mol. The highest BCUT2D eigenvalue weighted by Crippen LogP contribution is 2.32. The Morgan fingerprint density at radius 2 is 1.66 bits per heavy atom. The minimum atomic E-state index is -0.471. The molecule has 0 saturated carbocycles. The normalized spacial score (nSPS) is 16.2. The Morgan fingerprint density at radius 1 is 1.00 bits per heavy atom. The molecule has 0 aromatic heterocycles. The molecule has 0 bridgehead atoms. The van der Waals surface area contributed by atoms with Crippen LogP contribution in [0, 0.1) is 10.1 Å². The van der Waals surface area contributed by atoms with Crippen molar-refractivity contribution in [3.8, 4) is 0 Å². The number of hydrogen-bond acceptors (Lipinski definition) is 7. The molecule has 0 unspecified atom stereocenters. The molecule has 2 heterocycles. The maximum Gasteiger partial charge on any atom is 0.293 e. The first-order valence-corrected chi connectivity index (χ1v) is 12.0. The predicted molar refractivity (Wildman–Crippen MR) is 135 cm³/mol. The zero-order chi connectivity index (χ0) is 24.9. The number of benzene rings is 2. The topological polar surface area (TPSA) is 108 Å². The van der Waals surface area contributed by atoms with Crippen LogP contribution in [0.1, 0.15) is 23.7 Å². The molecule has 4 rings (SSSR count). The maximum atomic E-state index is 12.8. The van der Waals surface area contributed by atoms with E-state index in [9.17, 15) is 19.7 Å². The summed E-state index contributed by atoms with van der Waals surface area (Å²) >= 11 is 6.51. The van der Waals surface area contributed by atoms with Crippen LogP contribution in [0.4, 0.5) is 22.7 Å². The van der Waals surface area contributed by atoms with Gasteiger partial charge in [0.1, 0.15) is 5.69 Å². The van der Waals surface area contributed by atoms with E-state index >= 15 is 0 Å². The van der Waals surface area contributed by atoms with Crippen LogP contribution in [0.15, 0.2) is 36.4 Å². The molecule has 2 saturated heterocycles. The summed E-state index contributed by atoms with van der Waals surface area (Å²) in [6, 6.07) is 9.73. The average molecular weight is 502 g/mol. The number of amides is 2. The molecule has 1 N–H and O–H groups in total. The van der Waals surface area contributed by atoms with Gasteiger partial charge in [-0.05, 0) is 30.3 Å². The molecule has 2 aromatic carbocycles. The number of carbonyl (C=O) groups is 2. The quantitative estimate of drug-likeness (QED) is 0.477. The van der Waals surface area contributed by atoms with Gasteiger partial charge in [0, 0.05) is 63.0 Å². The van der Waals surface area contributed by atoms with Crippen molar-refractivity contribution in [3.63, 3.8) is 0 Å². The highest BCUT2D eigenvalue weighted by Gasteiger charge is 2.24. The van der Waals surface area contributed by atoms with E-state index in [0.717, 1.165) is 5.69 Å². The first-order valence-electron chi connectivity index (χ1n) is 11.6. The summed E-state index contributed by atoms with van der Waals surface area (Å²) in [7, 11) is 0. The molecule has 11 heteroatoms. The predicted octanol–water partition coefficient (Wildman–Crippen LogP) is 3.40. The van der Waals surface area contributed by atoms with Crippen LogP contribution in [0.2, 0.25) is 5.02 Å². The van der Waals surface area contributed by atoms with Gasteiger partial charge in [0.25, 0.3) is 11.6 Å². The zero-order valence-corrected chi connectivity index (χ0v) is 20.3. The van der Waals surface area contributed by atoms with Crippen molar-refractivity contribution >= 4 is 46.2 Å². The van der Waals surface area contributed by atoms with E-state index in [1.165, 1.54) is 6.07 Å². The van der Waals surface area contributed by atoms with Gasteiger partial charge in [-0.1, -0.05) is 18.5 Å². The molecule has 2 aliphatic rings. The van der Waals surface area contributed by atoms with Crippen molar-refractivity contribution in [2.24, 2.45) is 0 Å². The Bertz CT molecular complexity index is 1110. The Kier molecular flexibility index (Phi) is 7.72. The Balaban J connectivity index is 1.44. The second-order valence-electron chi connectivity index (χ2n) is 8.40. The number of rotatable bonds is 6. The second kappa shape index (κ2) is 10.9. The molecule has 2 aliphatic heterocycles. The number of nitrogens with zero attached hydrogens (tertiary/aromatic N) is 4. The van der Waals surface area contributed by atoms with Crippen LogP contribution in [0.3, 0.4) is 0 Å². The number of morpholine rings is 1. The Hall–Kier alpha value is -3.37. The van der Waals surface area contributed by atoms with E-state index in [-0.39, 0.29) is 17.2 Å². The molecule has 2 fully saturated rings. The lowest BCUT2D eigenvalue weighted by molar-refractivity contribution is -0.384. The van der Waals surface area contributed by atoms with Crippen molar-refractivity contribution in [3.05, 3.63) is 57.1 Å². The number of ether oxygens (including phenoxy) is 1. The van der Waals surface area contributed by atoms with Crippen LogP contribution < -0.4 is 15.1 Å². The SMILES string of the molecule is CCC(=O)N1CCN(c2ccc(NC(=O)c3ccc(N4CCOCC4)c([N+](=O)[O-])c3)cc2Cl)CC1. The van der Waals surface area contributed by atoms with E-state index in [4.69, 9.17) is 16.3 Å². The van der Waals surface area contributed by atoms with Crippen LogP contribution in [0.25, 0.3) is 0 Å². The number of hydrogen-bond donors (Lipinski definition) is 1. The third-order valence-electron chi connectivity index (χ3n) is 6.27. The number of nitrogens with one attached hydrogen (secondary N) is 1. The van der Waals surface area contributed by atoms with Gasteiger partial charge in [-0.2, -0.15) is 0 Å². The lowest BCUT2D eigenvalue weighted by atomic mass is 10.1. The van der Waals surface area contributed by atoms with E-state index in [1.807, 2.05) is 22.8 Å².